The molecule has 1 aliphatic carbocycles. The SMILES string of the molecule is CN(C)[C@@H]1CN(C(=O)C2(c3ccccc3)CC2)C[C@H]1CO. The van der Waals surface area contributed by atoms with E-state index in [-0.39, 0.29) is 29.9 Å². The van der Waals surface area contributed by atoms with E-state index in [0.717, 1.165) is 24.9 Å². The van der Waals surface area contributed by atoms with Crippen LogP contribution >= 0.6 is 0 Å². The molecule has 2 atom stereocenters. The van der Waals surface area contributed by atoms with Crippen LogP contribution in [-0.2, 0) is 10.2 Å². The average Bonchev–Trinajstić information content (AvgIpc) is 3.19. The molecule has 0 unspecified atom stereocenters. The molecule has 0 spiro atoms. The molecule has 1 N–H and O–H groups in total. The molecule has 4 nitrogen and oxygen atoms in total. The highest BCUT2D eigenvalue weighted by Crippen LogP contribution is 2.50. The minimum Gasteiger partial charge on any atom is -0.396 e. The third-order valence-electron chi connectivity index (χ3n) is 5.08. The highest BCUT2D eigenvalue weighted by atomic mass is 16.3. The fraction of sp³-hybridized carbons (Fsp3) is 0.588. The van der Waals surface area contributed by atoms with Crippen molar-refractivity contribution in [3.05, 3.63) is 35.9 Å². The van der Waals surface area contributed by atoms with Crippen molar-refractivity contribution in [2.45, 2.75) is 24.3 Å². The monoisotopic (exact) mass is 288 g/mol. The summed E-state index contributed by atoms with van der Waals surface area (Å²) in [5.74, 6) is 0.409. The van der Waals surface area contributed by atoms with Crippen molar-refractivity contribution in [3.63, 3.8) is 0 Å². The third kappa shape index (κ3) is 2.47. The first-order valence-electron chi connectivity index (χ1n) is 7.70. The molecule has 0 bridgehead atoms. The van der Waals surface area contributed by atoms with Gasteiger partial charge in [0, 0.05) is 31.7 Å². The van der Waals surface area contributed by atoms with Crippen LogP contribution in [0.25, 0.3) is 0 Å². The number of rotatable bonds is 4. The summed E-state index contributed by atoms with van der Waals surface area (Å²) in [6.45, 7) is 1.55. The predicted molar refractivity (Wildman–Crippen MR) is 82.0 cm³/mol. The average molecular weight is 288 g/mol. The van der Waals surface area contributed by atoms with E-state index in [9.17, 15) is 9.90 Å². The van der Waals surface area contributed by atoms with Gasteiger partial charge in [-0.3, -0.25) is 4.79 Å². The molecule has 1 aliphatic heterocycles. The van der Waals surface area contributed by atoms with Crippen LogP contribution in [0.2, 0.25) is 0 Å². The van der Waals surface area contributed by atoms with Crippen molar-refractivity contribution in [1.29, 1.82) is 0 Å². The van der Waals surface area contributed by atoms with Gasteiger partial charge in [-0.15, -0.1) is 0 Å². The van der Waals surface area contributed by atoms with Crippen LogP contribution in [0.15, 0.2) is 30.3 Å². The van der Waals surface area contributed by atoms with E-state index < -0.39 is 0 Å². The van der Waals surface area contributed by atoms with Crippen LogP contribution in [0.3, 0.4) is 0 Å². The molecule has 2 fully saturated rings. The number of likely N-dealkylation sites (N-methyl/N-ethyl adjacent to an activating group) is 1. The molecule has 1 saturated heterocycles. The lowest BCUT2D eigenvalue weighted by molar-refractivity contribution is -0.133. The normalized spacial score (nSPS) is 27.1. The van der Waals surface area contributed by atoms with Crippen molar-refractivity contribution in [3.8, 4) is 0 Å². The second kappa shape index (κ2) is 5.43. The number of amides is 1. The van der Waals surface area contributed by atoms with Crippen LogP contribution in [-0.4, -0.2) is 60.6 Å². The molecule has 0 radical (unpaired) electrons. The first-order chi connectivity index (χ1) is 10.1. The van der Waals surface area contributed by atoms with Crippen LogP contribution in [0, 0.1) is 5.92 Å². The molecular formula is C17H24N2O2. The van der Waals surface area contributed by atoms with Gasteiger partial charge in [0.15, 0.2) is 0 Å². The summed E-state index contributed by atoms with van der Waals surface area (Å²) in [4.78, 5) is 17.1. The lowest BCUT2D eigenvalue weighted by atomic mass is 9.94. The summed E-state index contributed by atoms with van der Waals surface area (Å²) >= 11 is 0. The van der Waals surface area contributed by atoms with Gasteiger partial charge in [-0.25, -0.2) is 0 Å². The van der Waals surface area contributed by atoms with E-state index in [0.29, 0.717) is 6.54 Å². The Morgan fingerprint density at radius 3 is 2.43 bits per heavy atom. The minimum atomic E-state index is -0.289. The zero-order chi connectivity index (χ0) is 15.0. The van der Waals surface area contributed by atoms with E-state index in [1.807, 2.05) is 37.2 Å². The van der Waals surface area contributed by atoms with Crippen LogP contribution in [0.1, 0.15) is 18.4 Å². The maximum Gasteiger partial charge on any atom is 0.233 e. The van der Waals surface area contributed by atoms with E-state index in [2.05, 4.69) is 17.0 Å². The number of hydrogen-bond acceptors (Lipinski definition) is 3. The van der Waals surface area contributed by atoms with E-state index in [1.54, 1.807) is 0 Å². The van der Waals surface area contributed by atoms with Crippen LogP contribution in [0.4, 0.5) is 0 Å². The van der Waals surface area contributed by atoms with E-state index in [1.165, 1.54) is 0 Å². The van der Waals surface area contributed by atoms with Gasteiger partial charge in [0.2, 0.25) is 5.91 Å². The van der Waals surface area contributed by atoms with E-state index >= 15 is 0 Å². The Labute approximate surface area is 126 Å². The molecule has 3 rings (SSSR count). The Kier molecular flexibility index (Phi) is 3.76. The topological polar surface area (TPSA) is 43.8 Å². The van der Waals surface area contributed by atoms with Gasteiger partial charge in [0.1, 0.15) is 0 Å². The molecule has 114 valence electrons. The highest BCUT2D eigenvalue weighted by molar-refractivity contribution is 5.91. The molecule has 21 heavy (non-hydrogen) atoms. The Balaban J connectivity index is 1.78. The van der Waals surface area contributed by atoms with Gasteiger partial charge >= 0.3 is 0 Å². The van der Waals surface area contributed by atoms with Gasteiger partial charge in [-0.2, -0.15) is 0 Å². The Hall–Kier alpha value is -1.39. The molecule has 1 heterocycles. The zero-order valence-corrected chi connectivity index (χ0v) is 12.8. The summed E-state index contributed by atoms with van der Waals surface area (Å²) in [7, 11) is 4.04. The second-order valence-corrected chi connectivity index (χ2v) is 6.63. The van der Waals surface area contributed by atoms with Gasteiger partial charge < -0.3 is 14.9 Å². The number of carbonyl (C=O) groups excluding carboxylic acids is 1. The molecule has 1 aromatic rings. The largest absolute Gasteiger partial charge is 0.396 e. The second-order valence-electron chi connectivity index (χ2n) is 6.63. The summed E-state index contributed by atoms with van der Waals surface area (Å²) in [6, 6.07) is 10.4. The van der Waals surface area contributed by atoms with Crippen LogP contribution < -0.4 is 0 Å². The zero-order valence-electron chi connectivity index (χ0n) is 12.8. The number of aliphatic hydroxyl groups excluding tert-OH is 1. The predicted octanol–water partition coefficient (Wildman–Crippen LogP) is 1.10. The number of benzene rings is 1. The van der Waals surface area contributed by atoms with Gasteiger partial charge in [-0.05, 0) is 32.5 Å². The van der Waals surface area contributed by atoms with Gasteiger partial charge in [-0.1, -0.05) is 30.3 Å². The van der Waals surface area contributed by atoms with Crippen molar-refractivity contribution in [2.75, 3.05) is 33.8 Å². The molecule has 0 aromatic heterocycles. The smallest absolute Gasteiger partial charge is 0.233 e. The first kappa shape index (κ1) is 14.5. The Morgan fingerprint density at radius 1 is 1.29 bits per heavy atom. The lowest BCUT2D eigenvalue weighted by Gasteiger charge is -2.25. The highest BCUT2D eigenvalue weighted by Gasteiger charge is 2.54. The number of nitrogens with zero attached hydrogens (tertiary/aromatic N) is 2. The number of carbonyl (C=O) groups is 1. The fourth-order valence-corrected chi connectivity index (χ4v) is 3.60. The quantitative estimate of drug-likeness (QED) is 0.902. The van der Waals surface area contributed by atoms with Gasteiger partial charge in [0.25, 0.3) is 0 Å². The Bertz CT molecular complexity index is 511. The molecule has 1 aromatic carbocycles. The lowest BCUT2D eigenvalue weighted by Crippen LogP contribution is -2.40. The van der Waals surface area contributed by atoms with Crippen molar-refractivity contribution in [1.82, 2.24) is 9.80 Å². The molecule has 1 amide bonds. The fourth-order valence-electron chi connectivity index (χ4n) is 3.60. The van der Waals surface area contributed by atoms with Crippen molar-refractivity contribution in [2.24, 2.45) is 5.92 Å². The van der Waals surface area contributed by atoms with Gasteiger partial charge in [0.05, 0.1) is 5.41 Å². The number of aliphatic hydroxyl groups is 1. The first-order valence-corrected chi connectivity index (χ1v) is 7.70. The molecule has 4 heteroatoms. The van der Waals surface area contributed by atoms with Crippen molar-refractivity contribution < 1.29 is 9.90 Å². The number of hydrogen-bond donors (Lipinski definition) is 1. The number of likely N-dealkylation sites (tertiary alicyclic amines) is 1. The third-order valence-corrected chi connectivity index (χ3v) is 5.08. The Morgan fingerprint density at radius 2 is 1.95 bits per heavy atom. The summed E-state index contributed by atoms with van der Waals surface area (Å²) < 4.78 is 0. The maximum absolute atomic E-state index is 13.0. The van der Waals surface area contributed by atoms with Crippen LogP contribution in [0.5, 0.6) is 0 Å². The standard InChI is InChI=1S/C17H24N2O2/c1-18(2)15-11-19(10-13(15)12-20)16(21)17(8-9-17)14-6-4-3-5-7-14/h3-7,13,15,20H,8-12H2,1-2H3/t13-,15+/m0/s1. The molecular weight excluding hydrogens is 264 g/mol. The minimum absolute atomic E-state index is 0.144. The van der Waals surface area contributed by atoms with E-state index in [4.69, 9.17) is 0 Å². The van der Waals surface area contributed by atoms with Crippen molar-refractivity contribution >= 4 is 5.91 Å². The maximum atomic E-state index is 13.0. The molecule has 2 aliphatic rings. The molecule has 1 saturated carbocycles. The summed E-state index contributed by atoms with van der Waals surface area (Å²) in [5, 5.41) is 9.56. The summed E-state index contributed by atoms with van der Waals surface area (Å²) in [5.41, 5.74) is 0.853. The summed E-state index contributed by atoms with van der Waals surface area (Å²) in [6.07, 6.45) is 1.89.